The molecule has 104 valence electrons. The van der Waals surface area contributed by atoms with E-state index in [-0.39, 0.29) is 6.03 Å². The van der Waals surface area contributed by atoms with E-state index in [1.165, 1.54) is 0 Å². The van der Waals surface area contributed by atoms with Gasteiger partial charge < -0.3 is 14.9 Å². The fraction of sp³-hybridized carbons (Fsp3) is 0.583. The number of nitrogens with zero attached hydrogens (tertiary/aromatic N) is 3. The van der Waals surface area contributed by atoms with Crippen molar-refractivity contribution in [2.75, 3.05) is 20.1 Å². The maximum absolute atomic E-state index is 12.2. The van der Waals surface area contributed by atoms with Gasteiger partial charge in [0.1, 0.15) is 0 Å². The number of aliphatic carboxylic acids is 1. The molecule has 1 atom stereocenters. The number of likely N-dealkylation sites (tertiary alicyclic amines) is 1. The number of piperidine rings is 1. The Morgan fingerprint density at radius 3 is 3.05 bits per heavy atom. The number of H-pyrrole nitrogens is 1. The van der Waals surface area contributed by atoms with E-state index in [2.05, 4.69) is 10.2 Å². The Hall–Kier alpha value is -2.05. The van der Waals surface area contributed by atoms with Gasteiger partial charge in [0.25, 0.3) is 0 Å². The number of amides is 2. The first-order valence-electron chi connectivity index (χ1n) is 6.28. The van der Waals surface area contributed by atoms with Gasteiger partial charge in [0.05, 0.1) is 18.7 Å². The van der Waals surface area contributed by atoms with E-state index in [0.29, 0.717) is 26.1 Å². The first-order chi connectivity index (χ1) is 9.08. The van der Waals surface area contributed by atoms with Crippen LogP contribution in [0.4, 0.5) is 4.79 Å². The lowest BCUT2D eigenvalue weighted by atomic mass is 9.99. The van der Waals surface area contributed by atoms with Gasteiger partial charge in [-0.1, -0.05) is 0 Å². The summed E-state index contributed by atoms with van der Waals surface area (Å²) in [5.74, 6) is -1.27. The third-order valence-electron chi connectivity index (χ3n) is 3.34. The summed E-state index contributed by atoms with van der Waals surface area (Å²) >= 11 is 0. The predicted octanol–water partition coefficient (Wildman–Crippen LogP) is 0.758. The highest BCUT2D eigenvalue weighted by Gasteiger charge is 2.29. The summed E-state index contributed by atoms with van der Waals surface area (Å²) in [7, 11) is 1.71. The molecule has 0 bridgehead atoms. The van der Waals surface area contributed by atoms with Crippen LogP contribution in [0.15, 0.2) is 12.4 Å². The van der Waals surface area contributed by atoms with Crippen LogP contribution in [0.25, 0.3) is 0 Å². The van der Waals surface area contributed by atoms with Crippen LogP contribution in [0.5, 0.6) is 0 Å². The van der Waals surface area contributed by atoms with Gasteiger partial charge in [0, 0.05) is 31.9 Å². The molecule has 0 spiro atoms. The average Bonchev–Trinajstić information content (AvgIpc) is 2.90. The molecule has 0 aliphatic carbocycles. The topological polar surface area (TPSA) is 89.5 Å². The summed E-state index contributed by atoms with van der Waals surface area (Å²) in [6.45, 7) is 1.38. The summed E-state index contributed by atoms with van der Waals surface area (Å²) in [4.78, 5) is 26.4. The minimum atomic E-state index is -0.824. The molecule has 1 saturated heterocycles. The normalized spacial score (nSPS) is 19.2. The lowest BCUT2D eigenvalue weighted by molar-refractivity contribution is -0.143. The minimum Gasteiger partial charge on any atom is -0.481 e. The van der Waals surface area contributed by atoms with Crippen molar-refractivity contribution in [2.24, 2.45) is 5.92 Å². The number of aromatic nitrogens is 2. The molecule has 2 N–H and O–H groups in total. The number of hydrogen-bond acceptors (Lipinski definition) is 3. The van der Waals surface area contributed by atoms with E-state index in [1.54, 1.807) is 29.2 Å². The molecule has 1 unspecified atom stereocenters. The molecule has 1 aliphatic rings. The van der Waals surface area contributed by atoms with E-state index in [4.69, 9.17) is 5.11 Å². The quantitative estimate of drug-likeness (QED) is 0.845. The third kappa shape index (κ3) is 3.24. The molecule has 1 aromatic rings. The van der Waals surface area contributed by atoms with Crippen molar-refractivity contribution in [1.29, 1.82) is 0 Å². The maximum Gasteiger partial charge on any atom is 0.320 e. The highest BCUT2D eigenvalue weighted by molar-refractivity contribution is 5.76. The van der Waals surface area contributed by atoms with Crippen LogP contribution < -0.4 is 0 Å². The van der Waals surface area contributed by atoms with Crippen molar-refractivity contribution in [1.82, 2.24) is 20.0 Å². The molecule has 0 aromatic carbocycles. The smallest absolute Gasteiger partial charge is 0.320 e. The number of carbonyl (C=O) groups is 2. The zero-order valence-corrected chi connectivity index (χ0v) is 10.9. The fourth-order valence-electron chi connectivity index (χ4n) is 2.30. The predicted molar refractivity (Wildman–Crippen MR) is 67.4 cm³/mol. The van der Waals surface area contributed by atoms with Gasteiger partial charge in [0.15, 0.2) is 0 Å². The average molecular weight is 266 g/mol. The Balaban J connectivity index is 1.93. The number of rotatable bonds is 3. The van der Waals surface area contributed by atoms with E-state index in [0.717, 1.165) is 12.0 Å². The van der Waals surface area contributed by atoms with Crippen molar-refractivity contribution < 1.29 is 14.7 Å². The molecule has 19 heavy (non-hydrogen) atoms. The Labute approximate surface area is 111 Å². The second-order valence-corrected chi connectivity index (χ2v) is 4.87. The first kappa shape index (κ1) is 13.4. The van der Waals surface area contributed by atoms with Crippen molar-refractivity contribution >= 4 is 12.0 Å². The van der Waals surface area contributed by atoms with Crippen LogP contribution in [0.2, 0.25) is 0 Å². The second-order valence-electron chi connectivity index (χ2n) is 4.87. The van der Waals surface area contributed by atoms with Crippen LogP contribution in [0, 0.1) is 5.92 Å². The van der Waals surface area contributed by atoms with E-state index >= 15 is 0 Å². The van der Waals surface area contributed by atoms with Crippen molar-refractivity contribution in [2.45, 2.75) is 19.4 Å². The largest absolute Gasteiger partial charge is 0.481 e. The van der Waals surface area contributed by atoms with Gasteiger partial charge in [-0.15, -0.1) is 0 Å². The number of urea groups is 1. The molecule has 7 heteroatoms. The molecule has 0 radical (unpaired) electrons. The van der Waals surface area contributed by atoms with Crippen LogP contribution in [0.3, 0.4) is 0 Å². The van der Waals surface area contributed by atoms with Gasteiger partial charge in [0.2, 0.25) is 0 Å². The summed E-state index contributed by atoms with van der Waals surface area (Å²) in [5.41, 5.74) is 0.919. The third-order valence-corrected chi connectivity index (χ3v) is 3.34. The van der Waals surface area contributed by atoms with E-state index in [1.807, 2.05) is 0 Å². The van der Waals surface area contributed by atoms with Crippen LogP contribution in [-0.2, 0) is 11.3 Å². The van der Waals surface area contributed by atoms with Gasteiger partial charge in [-0.2, -0.15) is 5.10 Å². The van der Waals surface area contributed by atoms with Crippen LogP contribution >= 0.6 is 0 Å². The van der Waals surface area contributed by atoms with Gasteiger partial charge in [-0.3, -0.25) is 9.89 Å². The monoisotopic (exact) mass is 266 g/mol. The van der Waals surface area contributed by atoms with Crippen molar-refractivity contribution in [3.05, 3.63) is 18.0 Å². The lowest BCUT2D eigenvalue weighted by Gasteiger charge is -2.33. The Morgan fingerprint density at radius 2 is 2.42 bits per heavy atom. The number of nitrogens with one attached hydrogen (secondary N) is 1. The molecule has 2 amide bonds. The molecule has 0 saturated carbocycles. The van der Waals surface area contributed by atoms with Crippen molar-refractivity contribution in [3.8, 4) is 0 Å². The van der Waals surface area contributed by atoms with Crippen LogP contribution in [0.1, 0.15) is 18.4 Å². The fourth-order valence-corrected chi connectivity index (χ4v) is 2.30. The zero-order valence-electron chi connectivity index (χ0n) is 10.9. The number of carboxylic acids is 1. The van der Waals surface area contributed by atoms with E-state index in [9.17, 15) is 9.59 Å². The number of carboxylic acid groups (broad SMARTS) is 1. The van der Waals surface area contributed by atoms with Gasteiger partial charge >= 0.3 is 12.0 Å². The highest BCUT2D eigenvalue weighted by atomic mass is 16.4. The first-order valence-corrected chi connectivity index (χ1v) is 6.28. The summed E-state index contributed by atoms with van der Waals surface area (Å²) in [6.07, 6.45) is 4.78. The van der Waals surface area contributed by atoms with Gasteiger partial charge in [-0.25, -0.2) is 4.79 Å². The standard InChI is InChI=1S/C12H18N4O3/c1-15(7-9-5-13-14-6-9)12(19)16-4-2-3-10(8-16)11(17)18/h5-6,10H,2-4,7-8H2,1H3,(H,13,14)(H,17,18). The Bertz CT molecular complexity index is 446. The highest BCUT2D eigenvalue weighted by Crippen LogP contribution is 2.18. The SMILES string of the molecule is CN(Cc1cn[nH]c1)C(=O)N1CCCC(C(=O)O)C1. The summed E-state index contributed by atoms with van der Waals surface area (Å²) in [5, 5.41) is 15.5. The van der Waals surface area contributed by atoms with Crippen molar-refractivity contribution in [3.63, 3.8) is 0 Å². The molecule has 7 nitrogen and oxygen atoms in total. The lowest BCUT2D eigenvalue weighted by Crippen LogP contribution is -2.47. The molecule has 1 aliphatic heterocycles. The number of hydrogen-bond donors (Lipinski definition) is 2. The molecule has 2 rings (SSSR count). The minimum absolute atomic E-state index is 0.132. The molecule has 1 fully saturated rings. The van der Waals surface area contributed by atoms with Gasteiger partial charge in [-0.05, 0) is 12.8 Å². The molecular formula is C12H18N4O3. The molecule has 1 aromatic heterocycles. The molecule has 2 heterocycles. The second kappa shape index (κ2) is 5.73. The summed E-state index contributed by atoms with van der Waals surface area (Å²) < 4.78 is 0. The maximum atomic E-state index is 12.2. The van der Waals surface area contributed by atoms with Crippen LogP contribution in [-0.4, -0.2) is 57.2 Å². The zero-order chi connectivity index (χ0) is 13.8. The molecular weight excluding hydrogens is 248 g/mol. The number of carbonyl (C=O) groups excluding carboxylic acids is 1. The Kier molecular flexibility index (Phi) is 4.03. The Morgan fingerprint density at radius 1 is 1.63 bits per heavy atom. The van der Waals surface area contributed by atoms with E-state index < -0.39 is 11.9 Å². The number of aromatic amines is 1. The summed E-state index contributed by atoms with van der Waals surface area (Å²) in [6, 6.07) is -0.132.